The van der Waals surface area contributed by atoms with Crippen LogP contribution in [0.4, 0.5) is 0 Å². The lowest BCUT2D eigenvalue weighted by atomic mass is 9.91. The van der Waals surface area contributed by atoms with Gasteiger partial charge < -0.3 is 10.6 Å². The Labute approximate surface area is 109 Å². The molecule has 1 amide bonds. The molecule has 1 atom stereocenters. The van der Waals surface area contributed by atoms with Gasteiger partial charge in [-0.15, -0.1) is 0 Å². The fraction of sp³-hybridized carbons (Fsp3) is 0.533. The van der Waals surface area contributed by atoms with Gasteiger partial charge in [0.2, 0.25) is 5.91 Å². The molecule has 0 aliphatic heterocycles. The molecule has 0 aromatic heterocycles. The zero-order valence-electron chi connectivity index (χ0n) is 11.0. The Hall–Kier alpha value is -1.35. The Kier molecular flexibility index (Phi) is 4.37. The monoisotopic (exact) mass is 246 g/mol. The number of nitrogens with two attached hydrogens (primary N) is 1. The number of likely N-dealkylation sites (N-methyl/N-ethyl adjacent to an activating group) is 1. The van der Waals surface area contributed by atoms with Gasteiger partial charge in [-0.1, -0.05) is 30.3 Å². The first-order chi connectivity index (χ1) is 8.68. The van der Waals surface area contributed by atoms with Crippen molar-refractivity contribution in [2.24, 2.45) is 5.73 Å². The summed E-state index contributed by atoms with van der Waals surface area (Å²) in [4.78, 5) is 13.9. The first kappa shape index (κ1) is 13.1. The number of aryl methyl sites for hydroxylation is 1. The van der Waals surface area contributed by atoms with Gasteiger partial charge in [0.15, 0.2) is 0 Å². The van der Waals surface area contributed by atoms with Crippen molar-refractivity contribution >= 4 is 5.91 Å². The Bertz CT molecular complexity index is 387. The molecule has 0 unspecified atom stereocenters. The lowest BCUT2D eigenvalue weighted by molar-refractivity contribution is -0.135. The minimum atomic E-state index is -0.365. The lowest BCUT2D eigenvalue weighted by Gasteiger charge is -2.36. The molecule has 1 aliphatic carbocycles. The van der Waals surface area contributed by atoms with Crippen LogP contribution in [0.1, 0.15) is 31.2 Å². The molecule has 98 valence electrons. The number of carbonyl (C=O) groups excluding carboxylic acids is 1. The molecule has 3 nitrogen and oxygen atoms in total. The Morgan fingerprint density at radius 1 is 1.39 bits per heavy atom. The van der Waals surface area contributed by atoms with Gasteiger partial charge in [-0.3, -0.25) is 4.79 Å². The summed E-state index contributed by atoms with van der Waals surface area (Å²) in [7, 11) is 1.88. The van der Waals surface area contributed by atoms with Crippen molar-refractivity contribution in [3.05, 3.63) is 35.9 Å². The van der Waals surface area contributed by atoms with Crippen LogP contribution in [0.3, 0.4) is 0 Å². The molecule has 2 N–H and O–H groups in total. The molecule has 1 aromatic rings. The van der Waals surface area contributed by atoms with Gasteiger partial charge in [-0.05, 0) is 37.7 Å². The Morgan fingerprint density at radius 2 is 2.06 bits per heavy atom. The van der Waals surface area contributed by atoms with Crippen LogP contribution in [0.25, 0.3) is 0 Å². The summed E-state index contributed by atoms with van der Waals surface area (Å²) in [6, 6.07) is 10.3. The average Bonchev–Trinajstić information content (AvgIpc) is 2.34. The number of nitrogens with zero attached hydrogens (tertiary/aromatic N) is 1. The van der Waals surface area contributed by atoms with Crippen LogP contribution in [0.5, 0.6) is 0 Å². The van der Waals surface area contributed by atoms with Gasteiger partial charge in [0.05, 0.1) is 6.04 Å². The van der Waals surface area contributed by atoms with Crippen molar-refractivity contribution in [3.8, 4) is 0 Å². The summed E-state index contributed by atoms with van der Waals surface area (Å²) in [6.07, 6.45) is 5.09. The molecule has 3 heteroatoms. The van der Waals surface area contributed by atoms with Crippen molar-refractivity contribution in [2.75, 3.05) is 7.05 Å². The van der Waals surface area contributed by atoms with Crippen molar-refractivity contribution in [3.63, 3.8) is 0 Å². The van der Waals surface area contributed by atoms with Crippen LogP contribution in [0.15, 0.2) is 30.3 Å². The summed E-state index contributed by atoms with van der Waals surface area (Å²) in [5.74, 6) is 0.0932. The number of hydrogen-bond donors (Lipinski definition) is 1. The molecule has 1 saturated carbocycles. The zero-order chi connectivity index (χ0) is 13.0. The fourth-order valence-corrected chi connectivity index (χ4v) is 2.31. The maximum Gasteiger partial charge on any atom is 0.239 e. The SMILES string of the molecule is CN(C(=O)[C@@H](N)CCc1ccccc1)C1CCC1. The number of benzene rings is 1. The summed E-state index contributed by atoms with van der Waals surface area (Å²) in [5.41, 5.74) is 7.23. The maximum atomic E-state index is 12.1. The van der Waals surface area contributed by atoms with Crippen LogP contribution in [0.2, 0.25) is 0 Å². The minimum Gasteiger partial charge on any atom is -0.341 e. The van der Waals surface area contributed by atoms with Crippen LogP contribution < -0.4 is 5.73 Å². The summed E-state index contributed by atoms with van der Waals surface area (Å²) >= 11 is 0. The molecule has 0 radical (unpaired) electrons. The van der Waals surface area contributed by atoms with Gasteiger partial charge in [0.25, 0.3) is 0 Å². The number of rotatable bonds is 5. The Balaban J connectivity index is 1.80. The van der Waals surface area contributed by atoms with Crippen molar-refractivity contribution in [1.82, 2.24) is 4.90 Å². The second kappa shape index (κ2) is 6.01. The van der Waals surface area contributed by atoms with Gasteiger partial charge in [0.1, 0.15) is 0 Å². The third kappa shape index (κ3) is 3.10. The molecular weight excluding hydrogens is 224 g/mol. The lowest BCUT2D eigenvalue weighted by Crippen LogP contribution is -2.48. The van der Waals surface area contributed by atoms with Crippen LogP contribution in [-0.2, 0) is 11.2 Å². The molecule has 1 aliphatic rings. The van der Waals surface area contributed by atoms with E-state index in [9.17, 15) is 4.79 Å². The fourth-order valence-electron chi connectivity index (χ4n) is 2.31. The predicted molar refractivity (Wildman–Crippen MR) is 73.1 cm³/mol. The van der Waals surface area contributed by atoms with Crippen molar-refractivity contribution in [1.29, 1.82) is 0 Å². The summed E-state index contributed by atoms with van der Waals surface area (Å²) < 4.78 is 0. The molecule has 1 fully saturated rings. The molecule has 0 saturated heterocycles. The largest absolute Gasteiger partial charge is 0.341 e. The Morgan fingerprint density at radius 3 is 2.61 bits per heavy atom. The normalized spacial score (nSPS) is 17.0. The molecule has 0 spiro atoms. The molecule has 1 aromatic carbocycles. The number of amides is 1. The van der Waals surface area contributed by atoms with E-state index in [1.165, 1.54) is 12.0 Å². The van der Waals surface area contributed by atoms with E-state index in [-0.39, 0.29) is 11.9 Å². The summed E-state index contributed by atoms with van der Waals surface area (Å²) in [6.45, 7) is 0. The zero-order valence-corrected chi connectivity index (χ0v) is 11.0. The second-order valence-electron chi connectivity index (χ2n) is 5.16. The first-order valence-corrected chi connectivity index (χ1v) is 6.74. The highest BCUT2D eigenvalue weighted by atomic mass is 16.2. The van der Waals surface area contributed by atoms with E-state index >= 15 is 0 Å². The molecule has 0 heterocycles. The van der Waals surface area contributed by atoms with E-state index in [2.05, 4.69) is 12.1 Å². The van der Waals surface area contributed by atoms with Crippen molar-refractivity contribution in [2.45, 2.75) is 44.2 Å². The molecular formula is C15H22N2O. The third-order valence-electron chi connectivity index (χ3n) is 3.87. The van der Waals surface area contributed by atoms with E-state index in [4.69, 9.17) is 5.73 Å². The van der Waals surface area contributed by atoms with Crippen molar-refractivity contribution < 1.29 is 4.79 Å². The van der Waals surface area contributed by atoms with Crippen LogP contribution >= 0.6 is 0 Å². The smallest absolute Gasteiger partial charge is 0.239 e. The second-order valence-corrected chi connectivity index (χ2v) is 5.16. The molecule has 18 heavy (non-hydrogen) atoms. The number of hydrogen-bond acceptors (Lipinski definition) is 2. The van der Waals surface area contributed by atoms with Gasteiger partial charge in [0, 0.05) is 13.1 Å². The summed E-state index contributed by atoms with van der Waals surface area (Å²) in [5, 5.41) is 0. The molecule has 0 bridgehead atoms. The van der Waals surface area contributed by atoms with Gasteiger partial charge in [-0.25, -0.2) is 0 Å². The highest BCUT2D eigenvalue weighted by Crippen LogP contribution is 2.24. The topological polar surface area (TPSA) is 46.3 Å². The predicted octanol–water partition coefficient (Wildman–Crippen LogP) is 1.96. The highest BCUT2D eigenvalue weighted by Gasteiger charge is 2.28. The maximum absolute atomic E-state index is 12.1. The van der Waals surface area contributed by atoms with Crippen LogP contribution in [0, 0.1) is 0 Å². The van der Waals surface area contributed by atoms with E-state index in [0.717, 1.165) is 25.7 Å². The van der Waals surface area contributed by atoms with Gasteiger partial charge in [-0.2, -0.15) is 0 Å². The van der Waals surface area contributed by atoms with E-state index < -0.39 is 0 Å². The standard InChI is InChI=1S/C15H22N2O/c1-17(13-8-5-9-13)15(18)14(16)11-10-12-6-3-2-4-7-12/h2-4,6-7,13-14H,5,8-11,16H2,1H3/t14-/m0/s1. The highest BCUT2D eigenvalue weighted by molar-refractivity contribution is 5.81. The van der Waals surface area contributed by atoms with E-state index in [1.807, 2.05) is 30.1 Å². The number of carbonyl (C=O) groups is 1. The average molecular weight is 246 g/mol. The quantitative estimate of drug-likeness (QED) is 0.863. The first-order valence-electron chi connectivity index (χ1n) is 6.74. The van der Waals surface area contributed by atoms with Gasteiger partial charge >= 0.3 is 0 Å². The van der Waals surface area contributed by atoms with Crippen LogP contribution in [-0.4, -0.2) is 29.9 Å². The third-order valence-corrected chi connectivity index (χ3v) is 3.87. The van der Waals surface area contributed by atoms with E-state index in [0.29, 0.717) is 6.04 Å². The van der Waals surface area contributed by atoms with E-state index in [1.54, 1.807) is 0 Å². The minimum absolute atomic E-state index is 0.0932. The molecule has 2 rings (SSSR count).